The minimum Gasteiger partial charge on any atom is -0.321 e. The number of anilines is 1. The average molecular weight is 283 g/mol. The Bertz CT molecular complexity index is 666. The van der Waals surface area contributed by atoms with E-state index in [4.69, 9.17) is 0 Å². The van der Waals surface area contributed by atoms with Crippen LogP contribution in [0.15, 0.2) is 42.7 Å². The molecular weight excluding hydrogens is 269 g/mol. The third kappa shape index (κ3) is 2.94. The maximum Gasteiger partial charge on any atom is 0.301 e. The normalized spacial score (nSPS) is 11.8. The highest BCUT2D eigenvalue weighted by Crippen LogP contribution is 2.20. The van der Waals surface area contributed by atoms with E-state index in [1.54, 1.807) is 29.1 Å². The fraction of sp³-hybridized carbons (Fsp3) is 0.167. The van der Waals surface area contributed by atoms with Crippen molar-refractivity contribution in [1.82, 2.24) is 8.87 Å². The molecule has 0 aliphatic rings. The molecule has 19 heavy (non-hydrogen) atoms. The molecule has 5 nitrogen and oxygen atoms in total. The second kappa shape index (κ2) is 5.02. The van der Waals surface area contributed by atoms with Gasteiger partial charge in [0.05, 0.1) is 11.4 Å². The van der Waals surface area contributed by atoms with Crippen molar-refractivity contribution in [2.45, 2.75) is 0 Å². The van der Waals surface area contributed by atoms with Gasteiger partial charge in [0.2, 0.25) is 0 Å². The van der Waals surface area contributed by atoms with Crippen molar-refractivity contribution in [3.05, 3.63) is 48.5 Å². The standard InChI is InChI=1S/C12H14FN3O2S/c1-15(2)19(17,18)14-10-5-6-11(13)12(9-10)16-7-3-4-8-16/h3-9,14H,1-2H3. The number of rotatable bonds is 4. The molecule has 0 atom stereocenters. The number of hydrogen-bond acceptors (Lipinski definition) is 2. The molecule has 0 amide bonds. The lowest BCUT2D eigenvalue weighted by Crippen LogP contribution is -2.28. The van der Waals surface area contributed by atoms with Crippen molar-refractivity contribution < 1.29 is 12.8 Å². The van der Waals surface area contributed by atoms with Crippen LogP contribution in [-0.4, -0.2) is 31.4 Å². The second-order valence-electron chi connectivity index (χ2n) is 4.15. The Morgan fingerprint density at radius 2 is 1.84 bits per heavy atom. The van der Waals surface area contributed by atoms with Gasteiger partial charge in [-0.15, -0.1) is 0 Å². The summed E-state index contributed by atoms with van der Waals surface area (Å²) in [6.45, 7) is 0. The zero-order valence-corrected chi connectivity index (χ0v) is 11.4. The predicted molar refractivity (Wildman–Crippen MR) is 72.0 cm³/mol. The van der Waals surface area contributed by atoms with Crippen LogP contribution in [0.1, 0.15) is 0 Å². The Hall–Kier alpha value is -1.86. The van der Waals surface area contributed by atoms with Crippen LogP contribution in [0.2, 0.25) is 0 Å². The summed E-state index contributed by atoms with van der Waals surface area (Å²) in [5.74, 6) is -0.427. The van der Waals surface area contributed by atoms with Gasteiger partial charge in [-0.1, -0.05) is 0 Å². The third-order valence-corrected chi connectivity index (χ3v) is 4.01. The fourth-order valence-electron chi connectivity index (χ4n) is 1.51. The number of halogens is 1. The van der Waals surface area contributed by atoms with Crippen molar-refractivity contribution >= 4 is 15.9 Å². The van der Waals surface area contributed by atoms with Gasteiger partial charge in [0.15, 0.2) is 0 Å². The van der Waals surface area contributed by atoms with Gasteiger partial charge in [-0.05, 0) is 30.3 Å². The van der Waals surface area contributed by atoms with E-state index in [9.17, 15) is 12.8 Å². The second-order valence-corrected chi connectivity index (χ2v) is 6.03. The van der Waals surface area contributed by atoms with E-state index in [1.165, 1.54) is 32.3 Å². The molecule has 0 bridgehead atoms. The van der Waals surface area contributed by atoms with Gasteiger partial charge in [0.25, 0.3) is 0 Å². The molecule has 1 aromatic heterocycles. The van der Waals surface area contributed by atoms with E-state index in [-0.39, 0.29) is 5.69 Å². The number of hydrogen-bond donors (Lipinski definition) is 1. The SMILES string of the molecule is CN(C)S(=O)(=O)Nc1ccc(F)c(-n2cccc2)c1. The van der Waals surface area contributed by atoms with Crippen molar-refractivity contribution in [3.8, 4) is 5.69 Å². The van der Waals surface area contributed by atoms with Crippen LogP contribution in [0.4, 0.5) is 10.1 Å². The highest BCUT2D eigenvalue weighted by molar-refractivity contribution is 7.90. The molecule has 0 aliphatic heterocycles. The molecule has 0 spiro atoms. The third-order valence-electron chi connectivity index (χ3n) is 2.56. The first kappa shape index (κ1) is 13.6. The maximum absolute atomic E-state index is 13.7. The lowest BCUT2D eigenvalue weighted by atomic mass is 10.2. The van der Waals surface area contributed by atoms with Gasteiger partial charge in [-0.3, -0.25) is 4.72 Å². The summed E-state index contributed by atoms with van der Waals surface area (Å²) in [7, 11) is -0.767. The predicted octanol–water partition coefficient (Wildman–Crippen LogP) is 1.83. The molecule has 2 aromatic rings. The fourth-order valence-corrected chi connectivity index (χ4v) is 2.12. The van der Waals surface area contributed by atoms with Gasteiger partial charge in [0.1, 0.15) is 5.82 Å². The Balaban J connectivity index is 2.38. The molecule has 1 heterocycles. The molecule has 0 fully saturated rings. The Kier molecular flexibility index (Phi) is 3.59. The topological polar surface area (TPSA) is 54.3 Å². The van der Waals surface area contributed by atoms with Crippen LogP contribution < -0.4 is 4.72 Å². The highest BCUT2D eigenvalue weighted by Gasteiger charge is 2.14. The largest absolute Gasteiger partial charge is 0.321 e. The summed E-state index contributed by atoms with van der Waals surface area (Å²) in [6.07, 6.45) is 3.37. The van der Waals surface area contributed by atoms with Crippen LogP contribution in [0.25, 0.3) is 5.69 Å². The quantitative estimate of drug-likeness (QED) is 0.930. The summed E-state index contributed by atoms with van der Waals surface area (Å²) in [4.78, 5) is 0. The minimum absolute atomic E-state index is 0.281. The average Bonchev–Trinajstić information content (AvgIpc) is 2.84. The van der Waals surface area contributed by atoms with Gasteiger partial charge in [-0.25, -0.2) is 4.39 Å². The first-order chi connectivity index (χ1) is 8.90. The van der Waals surface area contributed by atoms with Crippen LogP contribution >= 0.6 is 0 Å². The van der Waals surface area contributed by atoms with Crippen molar-refractivity contribution in [2.24, 2.45) is 0 Å². The van der Waals surface area contributed by atoms with Crippen molar-refractivity contribution in [3.63, 3.8) is 0 Å². The monoisotopic (exact) mass is 283 g/mol. The van der Waals surface area contributed by atoms with E-state index in [0.29, 0.717) is 5.69 Å². The summed E-state index contributed by atoms with van der Waals surface area (Å²) >= 11 is 0. The molecule has 0 unspecified atom stereocenters. The van der Waals surface area contributed by atoms with E-state index in [0.717, 1.165) is 4.31 Å². The first-order valence-corrected chi connectivity index (χ1v) is 6.97. The summed E-state index contributed by atoms with van der Waals surface area (Å²) in [5.41, 5.74) is 0.586. The molecule has 1 N–H and O–H groups in total. The van der Waals surface area contributed by atoms with E-state index >= 15 is 0 Å². The lowest BCUT2D eigenvalue weighted by molar-refractivity contribution is 0.526. The molecule has 0 aliphatic carbocycles. The van der Waals surface area contributed by atoms with Crippen molar-refractivity contribution in [1.29, 1.82) is 0 Å². The minimum atomic E-state index is -3.60. The Morgan fingerprint density at radius 3 is 2.42 bits per heavy atom. The van der Waals surface area contributed by atoms with Crippen LogP contribution in [0.3, 0.4) is 0 Å². The van der Waals surface area contributed by atoms with E-state index < -0.39 is 16.0 Å². The van der Waals surface area contributed by atoms with E-state index in [1.807, 2.05) is 0 Å². The van der Waals surface area contributed by atoms with E-state index in [2.05, 4.69) is 4.72 Å². The molecule has 7 heteroatoms. The molecule has 1 aromatic carbocycles. The molecular formula is C12H14FN3O2S. The molecule has 0 saturated carbocycles. The number of aromatic nitrogens is 1. The Labute approximate surface area is 111 Å². The summed E-state index contributed by atoms with van der Waals surface area (Å²) in [5, 5.41) is 0. The Morgan fingerprint density at radius 1 is 1.21 bits per heavy atom. The highest BCUT2D eigenvalue weighted by atomic mass is 32.2. The maximum atomic E-state index is 13.7. The molecule has 102 valence electrons. The number of benzene rings is 1. The van der Waals surface area contributed by atoms with Gasteiger partial charge in [0, 0.05) is 26.5 Å². The molecule has 0 saturated heterocycles. The summed E-state index contributed by atoms with van der Waals surface area (Å²) < 4.78 is 42.1. The molecule has 0 radical (unpaired) electrons. The summed E-state index contributed by atoms with van der Waals surface area (Å²) in [6, 6.07) is 7.56. The van der Waals surface area contributed by atoms with Gasteiger partial charge >= 0.3 is 10.2 Å². The first-order valence-electron chi connectivity index (χ1n) is 5.53. The van der Waals surface area contributed by atoms with Gasteiger partial charge in [-0.2, -0.15) is 12.7 Å². The lowest BCUT2D eigenvalue weighted by Gasteiger charge is -2.14. The van der Waals surface area contributed by atoms with Crippen LogP contribution in [0.5, 0.6) is 0 Å². The number of nitrogens with one attached hydrogen (secondary N) is 1. The van der Waals surface area contributed by atoms with Crippen LogP contribution in [0, 0.1) is 5.82 Å². The number of nitrogens with zero attached hydrogens (tertiary/aromatic N) is 2. The smallest absolute Gasteiger partial charge is 0.301 e. The zero-order chi connectivity index (χ0) is 14.0. The van der Waals surface area contributed by atoms with Gasteiger partial charge < -0.3 is 4.57 Å². The molecule has 2 rings (SSSR count). The van der Waals surface area contributed by atoms with Crippen molar-refractivity contribution in [2.75, 3.05) is 18.8 Å². The van der Waals surface area contributed by atoms with Crippen LogP contribution in [-0.2, 0) is 10.2 Å². The zero-order valence-electron chi connectivity index (χ0n) is 10.5.